The molecular weight excluding hydrogens is 304 g/mol. The molecule has 1 saturated heterocycles. The SMILES string of the molecule is Cc1cc(C)n(CCC(=O)N2CCCC2CCc2nncn2C)n1. The topological polar surface area (TPSA) is 68.8 Å². The van der Waals surface area contributed by atoms with E-state index in [1.54, 1.807) is 6.33 Å². The molecular formula is C17H26N6O. The van der Waals surface area contributed by atoms with Crippen molar-refractivity contribution in [1.29, 1.82) is 0 Å². The predicted octanol–water partition coefficient (Wildman–Crippen LogP) is 1.64. The third-order valence-electron chi connectivity index (χ3n) is 4.84. The van der Waals surface area contributed by atoms with Gasteiger partial charge in [0.15, 0.2) is 0 Å². The quantitative estimate of drug-likeness (QED) is 0.807. The summed E-state index contributed by atoms with van der Waals surface area (Å²) in [7, 11) is 1.96. The lowest BCUT2D eigenvalue weighted by molar-refractivity contribution is -0.132. The first-order valence-electron chi connectivity index (χ1n) is 8.68. The average Bonchev–Trinajstić information content (AvgIpc) is 3.24. The first kappa shape index (κ1) is 16.7. The second-order valence-electron chi connectivity index (χ2n) is 6.68. The molecule has 0 spiro atoms. The molecule has 130 valence electrons. The van der Waals surface area contributed by atoms with Gasteiger partial charge in [0.05, 0.1) is 5.69 Å². The van der Waals surface area contributed by atoms with Crippen LogP contribution < -0.4 is 0 Å². The molecule has 0 bridgehead atoms. The van der Waals surface area contributed by atoms with Crippen molar-refractivity contribution in [3.8, 4) is 0 Å². The zero-order chi connectivity index (χ0) is 17.1. The fourth-order valence-corrected chi connectivity index (χ4v) is 3.54. The molecule has 1 amide bonds. The van der Waals surface area contributed by atoms with E-state index < -0.39 is 0 Å². The third kappa shape index (κ3) is 3.66. The van der Waals surface area contributed by atoms with Crippen molar-refractivity contribution in [2.24, 2.45) is 7.05 Å². The summed E-state index contributed by atoms with van der Waals surface area (Å²) in [6, 6.07) is 2.37. The maximum absolute atomic E-state index is 12.6. The fourth-order valence-electron chi connectivity index (χ4n) is 3.54. The lowest BCUT2D eigenvalue weighted by atomic mass is 10.1. The number of aromatic nitrogens is 5. The van der Waals surface area contributed by atoms with Crippen molar-refractivity contribution < 1.29 is 4.79 Å². The monoisotopic (exact) mass is 330 g/mol. The van der Waals surface area contributed by atoms with E-state index in [1.165, 1.54) is 0 Å². The van der Waals surface area contributed by atoms with E-state index >= 15 is 0 Å². The standard InChI is InChI=1S/C17H26N6O/c1-13-11-14(2)23(20-13)10-8-17(24)22-9-4-5-15(22)6-7-16-19-18-12-21(16)3/h11-12,15H,4-10H2,1-3H3. The number of hydrogen-bond acceptors (Lipinski definition) is 4. The second-order valence-corrected chi connectivity index (χ2v) is 6.68. The summed E-state index contributed by atoms with van der Waals surface area (Å²) >= 11 is 0. The fraction of sp³-hybridized carbons (Fsp3) is 0.647. The number of carbonyl (C=O) groups is 1. The first-order valence-corrected chi connectivity index (χ1v) is 8.68. The van der Waals surface area contributed by atoms with Gasteiger partial charge in [-0.2, -0.15) is 5.10 Å². The average molecular weight is 330 g/mol. The van der Waals surface area contributed by atoms with Gasteiger partial charge in [-0.1, -0.05) is 0 Å². The number of hydrogen-bond donors (Lipinski definition) is 0. The number of nitrogens with zero attached hydrogens (tertiary/aromatic N) is 6. The van der Waals surface area contributed by atoms with E-state index in [1.807, 2.05) is 36.2 Å². The number of rotatable bonds is 6. The Morgan fingerprint density at radius 1 is 1.38 bits per heavy atom. The van der Waals surface area contributed by atoms with Crippen LogP contribution in [0, 0.1) is 13.8 Å². The van der Waals surface area contributed by atoms with Crippen LogP contribution in [0.25, 0.3) is 0 Å². The molecule has 1 fully saturated rings. The summed E-state index contributed by atoms with van der Waals surface area (Å²) in [4.78, 5) is 14.7. The molecule has 1 aliphatic rings. The van der Waals surface area contributed by atoms with Gasteiger partial charge in [-0.25, -0.2) is 0 Å². The molecule has 1 aliphatic heterocycles. The highest BCUT2D eigenvalue weighted by molar-refractivity contribution is 5.76. The Morgan fingerprint density at radius 3 is 2.88 bits per heavy atom. The molecule has 3 heterocycles. The Bertz CT molecular complexity index is 704. The van der Waals surface area contributed by atoms with Crippen LogP contribution in [-0.4, -0.2) is 47.9 Å². The van der Waals surface area contributed by atoms with Crippen molar-refractivity contribution in [1.82, 2.24) is 29.4 Å². The zero-order valence-electron chi connectivity index (χ0n) is 14.8. The van der Waals surface area contributed by atoms with Gasteiger partial charge in [0.25, 0.3) is 0 Å². The molecule has 2 aromatic heterocycles. The van der Waals surface area contributed by atoms with Crippen LogP contribution in [0.15, 0.2) is 12.4 Å². The van der Waals surface area contributed by atoms with Gasteiger partial charge in [0.1, 0.15) is 12.2 Å². The van der Waals surface area contributed by atoms with Gasteiger partial charge in [0.2, 0.25) is 5.91 Å². The Kier molecular flexibility index (Phi) is 4.97. The summed E-state index contributed by atoms with van der Waals surface area (Å²) < 4.78 is 3.88. The molecule has 0 saturated carbocycles. The second kappa shape index (κ2) is 7.15. The normalized spacial score (nSPS) is 17.6. The van der Waals surface area contributed by atoms with Crippen LogP contribution in [0.5, 0.6) is 0 Å². The van der Waals surface area contributed by atoms with Crippen LogP contribution in [0.3, 0.4) is 0 Å². The van der Waals surface area contributed by atoms with Gasteiger partial charge in [-0.05, 0) is 39.2 Å². The van der Waals surface area contributed by atoms with Crippen LogP contribution in [0.2, 0.25) is 0 Å². The molecule has 24 heavy (non-hydrogen) atoms. The van der Waals surface area contributed by atoms with Crippen molar-refractivity contribution in [2.75, 3.05) is 6.54 Å². The molecule has 3 rings (SSSR count). The first-order chi connectivity index (χ1) is 11.5. The van der Waals surface area contributed by atoms with Gasteiger partial charge < -0.3 is 9.47 Å². The minimum atomic E-state index is 0.239. The summed E-state index contributed by atoms with van der Waals surface area (Å²) in [6.07, 6.45) is 6.24. The van der Waals surface area contributed by atoms with Crippen LogP contribution in [-0.2, 0) is 24.8 Å². The summed E-state index contributed by atoms with van der Waals surface area (Å²) in [6.45, 7) is 5.54. The molecule has 0 radical (unpaired) electrons. The third-order valence-corrected chi connectivity index (χ3v) is 4.84. The van der Waals surface area contributed by atoms with Crippen LogP contribution >= 0.6 is 0 Å². The van der Waals surface area contributed by atoms with Gasteiger partial charge in [-0.3, -0.25) is 9.48 Å². The van der Waals surface area contributed by atoms with E-state index in [0.717, 1.165) is 49.4 Å². The summed E-state index contributed by atoms with van der Waals surface area (Å²) in [5.74, 6) is 1.22. The Hall–Kier alpha value is -2.18. The molecule has 0 aromatic carbocycles. The minimum absolute atomic E-state index is 0.239. The summed E-state index contributed by atoms with van der Waals surface area (Å²) in [5.41, 5.74) is 2.11. The highest BCUT2D eigenvalue weighted by atomic mass is 16.2. The minimum Gasteiger partial charge on any atom is -0.340 e. The Balaban J connectivity index is 1.53. The summed E-state index contributed by atoms with van der Waals surface area (Å²) in [5, 5.41) is 12.5. The van der Waals surface area contributed by atoms with Crippen molar-refractivity contribution in [3.63, 3.8) is 0 Å². The van der Waals surface area contributed by atoms with E-state index in [0.29, 0.717) is 19.0 Å². The molecule has 0 N–H and O–H groups in total. The van der Waals surface area contributed by atoms with E-state index in [-0.39, 0.29) is 5.91 Å². The molecule has 0 aliphatic carbocycles. The Morgan fingerprint density at radius 2 is 2.21 bits per heavy atom. The highest BCUT2D eigenvalue weighted by Crippen LogP contribution is 2.22. The van der Waals surface area contributed by atoms with Gasteiger partial charge in [-0.15, -0.1) is 10.2 Å². The number of aryl methyl sites for hydroxylation is 5. The largest absolute Gasteiger partial charge is 0.340 e. The molecule has 7 heteroatoms. The zero-order valence-corrected chi connectivity index (χ0v) is 14.8. The van der Waals surface area contributed by atoms with Crippen molar-refractivity contribution >= 4 is 5.91 Å². The van der Waals surface area contributed by atoms with E-state index in [9.17, 15) is 4.79 Å². The lowest BCUT2D eigenvalue weighted by Gasteiger charge is -2.24. The maximum atomic E-state index is 12.6. The molecule has 2 aromatic rings. The maximum Gasteiger partial charge on any atom is 0.224 e. The molecule has 1 unspecified atom stereocenters. The molecule has 1 atom stereocenters. The smallest absolute Gasteiger partial charge is 0.224 e. The predicted molar refractivity (Wildman–Crippen MR) is 90.4 cm³/mol. The number of carbonyl (C=O) groups excluding carboxylic acids is 1. The molecule has 7 nitrogen and oxygen atoms in total. The van der Waals surface area contributed by atoms with Crippen LogP contribution in [0.4, 0.5) is 0 Å². The Labute approximate surface area is 142 Å². The van der Waals surface area contributed by atoms with Gasteiger partial charge in [0, 0.05) is 44.7 Å². The van der Waals surface area contributed by atoms with Crippen molar-refractivity contribution in [3.05, 3.63) is 29.6 Å². The number of amides is 1. The van der Waals surface area contributed by atoms with Gasteiger partial charge >= 0.3 is 0 Å². The van der Waals surface area contributed by atoms with Crippen LogP contribution in [0.1, 0.15) is 42.9 Å². The highest BCUT2D eigenvalue weighted by Gasteiger charge is 2.28. The van der Waals surface area contributed by atoms with Crippen molar-refractivity contribution in [2.45, 2.75) is 58.5 Å². The van der Waals surface area contributed by atoms with E-state index in [2.05, 4.69) is 20.2 Å². The number of likely N-dealkylation sites (tertiary alicyclic amines) is 1. The lowest BCUT2D eigenvalue weighted by Crippen LogP contribution is -2.36. The van der Waals surface area contributed by atoms with E-state index in [4.69, 9.17) is 0 Å².